The minimum atomic E-state index is -0.0745. The van der Waals surface area contributed by atoms with E-state index in [1.54, 1.807) is 0 Å². The van der Waals surface area contributed by atoms with Gasteiger partial charge in [0.25, 0.3) is 5.91 Å². The van der Waals surface area contributed by atoms with Crippen molar-refractivity contribution in [2.24, 2.45) is 0 Å². The Morgan fingerprint density at radius 2 is 1.74 bits per heavy atom. The lowest BCUT2D eigenvalue weighted by Gasteiger charge is -2.08. The monoisotopic (exact) mass is 353 g/mol. The molecular formula is C25H23NO. The van der Waals surface area contributed by atoms with Gasteiger partial charge in [-0.1, -0.05) is 68.0 Å². The van der Waals surface area contributed by atoms with Crippen LogP contribution in [0.2, 0.25) is 0 Å². The van der Waals surface area contributed by atoms with Crippen molar-refractivity contribution in [1.29, 1.82) is 0 Å². The summed E-state index contributed by atoms with van der Waals surface area (Å²) in [6.07, 6.45) is 7.41. The number of allylic oxidation sites excluding steroid dienone is 1. The lowest BCUT2D eigenvalue weighted by atomic mass is 10.1. The molecule has 1 aliphatic rings. The molecule has 4 rings (SSSR count). The molecule has 0 radical (unpaired) electrons. The van der Waals surface area contributed by atoms with Crippen LogP contribution in [0.25, 0.3) is 17.2 Å². The fourth-order valence-corrected chi connectivity index (χ4v) is 3.56. The smallest absolute Gasteiger partial charge is 0.255 e. The summed E-state index contributed by atoms with van der Waals surface area (Å²) in [5, 5.41) is 3.03. The first-order chi connectivity index (χ1) is 13.2. The van der Waals surface area contributed by atoms with Gasteiger partial charge in [0.1, 0.15) is 0 Å². The first-order valence-electron chi connectivity index (χ1n) is 9.54. The van der Waals surface area contributed by atoms with E-state index in [0.717, 1.165) is 30.5 Å². The SMILES string of the molecule is CCC/C=C/c1ccc(C(=O)Nc2ccc3c(c2)Cc2ccccc2-3)cc1. The molecule has 0 bridgehead atoms. The Balaban J connectivity index is 1.47. The number of fused-ring (bicyclic) bond motifs is 3. The molecule has 1 amide bonds. The van der Waals surface area contributed by atoms with E-state index >= 15 is 0 Å². The van der Waals surface area contributed by atoms with E-state index in [4.69, 9.17) is 0 Å². The average molecular weight is 353 g/mol. The van der Waals surface area contributed by atoms with E-state index in [0.29, 0.717) is 5.56 Å². The van der Waals surface area contributed by atoms with Crippen LogP contribution in [0.5, 0.6) is 0 Å². The second-order valence-corrected chi connectivity index (χ2v) is 6.97. The molecule has 0 atom stereocenters. The van der Waals surface area contributed by atoms with E-state index in [1.807, 2.05) is 30.3 Å². The van der Waals surface area contributed by atoms with E-state index in [-0.39, 0.29) is 5.91 Å². The van der Waals surface area contributed by atoms with Crippen LogP contribution in [0.15, 0.2) is 72.8 Å². The van der Waals surface area contributed by atoms with Crippen LogP contribution >= 0.6 is 0 Å². The number of benzene rings is 3. The predicted octanol–water partition coefficient (Wildman–Crippen LogP) is 6.32. The summed E-state index contributed by atoms with van der Waals surface area (Å²) in [6.45, 7) is 2.16. The Kier molecular flexibility index (Phi) is 4.88. The highest BCUT2D eigenvalue weighted by Crippen LogP contribution is 2.37. The van der Waals surface area contributed by atoms with Gasteiger partial charge < -0.3 is 5.32 Å². The number of rotatable bonds is 5. The number of hydrogen-bond acceptors (Lipinski definition) is 1. The normalized spacial score (nSPS) is 12.0. The molecule has 3 aromatic rings. The van der Waals surface area contributed by atoms with E-state index in [1.165, 1.54) is 22.3 Å². The molecule has 1 N–H and O–H groups in total. The number of unbranched alkanes of at least 4 members (excludes halogenated alkanes) is 1. The summed E-state index contributed by atoms with van der Waals surface area (Å²) in [6, 6.07) is 22.4. The molecule has 134 valence electrons. The largest absolute Gasteiger partial charge is 0.322 e. The minimum Gasteiger partial charge on any atom is -0.322 e. The van der Waals surface area contributed by atoms with Crippen molar-refractivity contribution >= 4 is 17.7 Å². The summed E-state index contributed by atoms with van der Waals surface area (Å²) in [5.74, 6) is -0.0745. The van der Waals surface area contributed by atoms with Gasteiger partial charge in [-0.05, 0) is 64.9 Å². The highest BCUT2D eigenvalue weighted by molar-refractivity contribution is 6.04. The molecule has 0 aromatic heterocycles. The molecule has 0 saturated heterocycles. The van der Waals surface area contributed by atoms with Crippen LogP contribution in [-0.2, 0) is 6.42 Å². The van der Waals surface area contributed by atoms with Crippen molar-refractivity contribution in [3.8, 4) is 11.1 Å². The van der Waals surface area contributed by atoms with Crippen molar-refractivity contribution in [2.45, 2.75) is 26.2 Å². The van der Waals surface area contributed by atoms with Gasteiger partial charge in [0.15, 0.2) is 0 Å². The highest BCUT2D eigenvalue weighted by atomic mass is 16.1. The van der Waals surface area contributed by atoms with Gasteiger partial charge in [-0.15, -0.1) is 0 Å². The molecule has 0 heterocycles. The van der Waals surface area contributed by atoms with Crippen molar-refractivity contribution < 1.29 is 4.79 Å². The van der Waals surface area contributed by atoms with Gasteiger partial charge in [-0.3, -0.25) is 4.79 Å². The molecule has 0 aliphatic heterocycles. The maximum Gasteiger partial charge on any atom is 0.255 e. The first-order valence-corrected chi connectivity index (χ1v) is 9.54. The Labute approximate surface area is 160 Å². The Morgan fingerprint density at radius 1 is 0.963 bits per heavy atom. The van der Waals surface area contributed by atoms with Crippen LogP contribution < -0.4 is 5.32 Å². The topological polar surface area (TPSA) is 29.1 Å². The second kappa shape index (κ2) is 7.63. The van der Waals surface area contributed by atoms with E-state index in [9.17, 15) is 4.79 Å². The van der Waals surface area contributed by atoms with Crippen LogP contribution in [-0.4, -0.2) is 5.91 Å². The zero-order chi connectivity index (χ0) is 18.6. The van der Waals surface area contributed by atoms with Crippen LogP contribution in [0.1, 0.15) is 46.8 Å². The number of amides is 1. The quantitative estimate of drug-likeness (QED) is 0.447. The zero-order valence-electron chi connectivity index (χ0n) is 15.5. The average Bonchev–Trinajstić information content (AvgIpc) is 3.06. The second-order valence-electron chi connectivity index (χ2n) is 6.97. The van der Waals surface area contributed by atoms with Crippen LogP contribution in [0.4, 0.5) is 5.69 Å². The third-order valence-corrected chi connectivity index (χ3v) is 4.99. The fourth-order valence-electron chi connectivity index (χ4n) is 3.56. The van der Waals surface area contributed by atoms with Crippen molar-refractivity contribution in [2.75, 3.05) is 5.32 Å². The minimum absolute atomic E-state index is 0.0745. The third-order valence-electron chi connectivity index (χ3n) is 4.99. The number of hydrogen-bond donors (Lipinski definition) is 1. The summed E-state index contributed by atoms with van der Waals surface area (Å²) < 4.78 is 0. The van der Waals surface area contributed by atoms with Gasteiger partial charge >= 0.3 is 0 Å². The molecule has 1 aliphatic carbocycles. The lowest BCUT2D eigenvalue weighted by Crippen LogP contribution is -2.11. The standard InChI is InChI=1S/C25H23NO/c1-2-3-4-7-18-10-12-19(13-11-18)25(27)26-22-14-15-24-21(17-22)16-20-8-5-6-9-23(20)24/h4-15,17H,2-3,16H2,1H3,(H,26,27)/b7-4+. The van der Waals surface area contributed by atoms with Gasteiger partial charge in [0.05, 0.1) is 0 Å². The summed E-state index contributed by atoms with van der Waals surface area (Å²) in [4.78, 5) is 12.6. The van der Waals surface area contributed by atoms with E-state index in [2.05, 4.69) is 60.8 Å². The van der Waals surface area contributed by atoms with E-state index < -0.39 is 0 Å². The Bertz CT molecular complexity index is 999. The molecule has 3 aromatic carbocycles. The summed E-state index contributed by atoms with van der Waals surface area (Å²) in [7, 11) is 0. The Morgan fingerprint density at radius 3 is 2.56 bits per heavy atom. The first kappa shape index (κ1) is 17.3. The maximum absolute atomic E-state index is 12.6. The number of carbonyl (C=O) groups is 1. The molecule has 0 saturated carbocycles. The van der Waals surface area contributed by atoms with Crippen molar-refractivity contribution in [3.63, 3.8) is 0 Å². The predicted molar refractivity (Wildman–Crippen MR) is 113 cm³/mol. The molecule has 0 spiro atoms. The van der Waals surface area contributed by atoms with Gasteiger partial charge in [-0.2, -0.15) is 0 Å². The van der Waals surface area contributed by atoms with Crippen molar-refractivity contribution in [1.82, 2.24) is 0 Å². The molecule has 2 nitrogen and oxygen atoms in total. The zero-order valence-corrected chi connectivity index (χ0v) is 15.5. The molecule has 0 fully saturated rings. The summed E-state index contributed by atoms with van der Waals surface area (Å²) >= 11 is 0. The molecular weight excluding hydrogens is 330 g/mol. The Hall–Kier alpha value is -3.13. The molecule has 0 unspecified atom stereocenters. The third kappa shape index (κ3) is 3.70. The number of carbonyl (C=O) groups excluding carboxylic acids is 1. The fraction of sp³-hybridized carbons (Fsp3) is 0.160. The number of nitrogens with one attached hydrogen (secondary N) is 1. The maximum atomic E-state index is 12.6. The molecule has 2 heteroatoms. The lowest BCUT2D eigenvalue weighted by molar-refractivity contribution is 0.102. The van der Waals surface area contributed by atoms with Gasteiger partial charge in [0.2, 0.25) is 0 Å². The number of anilines is 1. The summed E-state index contributed by atoms with van der Waals surface area (Å²) in [5.41, 5.74) is 7.83. The van der Waals surface area contributed by atoms with Gasteiger partial charge in [0, 0.05) is 11.3 Å². The van der Waals surface area contributed by atoms with Crippen molar-refractivity contribution in [3.05, 3.63) is 95.1 Å². The molecule has 27 heavy (non-hydrogen) atoms. The van der Waals surface area contributed by atoms with Crippen LogP contribution in [0.3, 0.4) is 0 Å². The highest BCUT2D eigenvalue weighted by Gasteiger charge is 2.18. The van der Waals surface area contributed by atoms with Crippen LogP contribution in [0, 0.1) is 0 Å². The van der Waals surface area contributed by atoms with Gasteiger partial charge in [-0.25, -0.2) is 0 Å².